The average molecular weight is 274 g/mol. The highest BCUT2D eigenvalue weighted by molar-refractivity contribution is 5.87. The third-order valence-electron chi connectivity index (χ3n) is 3.17. The molecule has 104 valence electrons. The number of fused-ring (bicyclic) bond motifs is 1. The largest absolute Gasteiger partial charge is 0.487 e. The molecular weight excluding hydrogens is 260 g/mol. The first-order valence-electron chi connectivity index (χ1n) is 6.24. The van der Waals surface area contributed by atoms with Gasteiger partial charge in [-0.25, -0.2) is 9.78 Å². The zero-order valence-electron chi connectivity index (χ0n) is 11.0. The van der Waals surface area contributed by atoms with E-state index in [1.165, 1.54) is 13.3 Å². The fraction of sp³-hybridized carbons (Fsp3) is 0.286. The maximum Gasteiger partial charge on any atom is 0.356 e. The van der Waals surface area contributed by atoms with Gasteiger partial charge in [0.25, 0.3) is 0 Å². The molecule has 0 atom stereocenters. The second kappa shape index (κ2) is 5.24. The van der Waals surface area contributed by atoms with Crippen LogP contribution >= 0.6 is 0 Å². The molecule has 2 aromatic rings. The molecule has 0 radical (unpaired) electrons. The van der Waals surface area contributed by atoms with Gasteiger partial charge in [-0.1, -0.05) is 12.1 Å². The summed E-state index contributed by atoms with van der Waals surface area (Å²) in [6.45, 7) is 0.800. The van der Waals surface area contributed by atoms with E-state index in [4.69, 9.17) is 14.2 Å². The molecule has 1 aromatic heterocycles. The van der Waals surface area contributed by atoms with Gasteiger partial charge < -0.3 is 18.8 Å². The van der Waals surface area contributed by atoms with E-state index >= 15 is 0 Å². The second-order valence-electron chi connectivity index (χ2n) is 4.40. The standard InChI is InChI=1S/C14H14N2O4/c1-18-14(17)11-6-15-9-16(11)10-7-19-12-4-2-3-5-13(12)20-8-10/h2-6,9-10H,7-8H2,1H3. The lowest BCUT2D eigenvalue weighted by Crippen LogP contribution is -2.24. The minimum atomic E-state index is -0.427. The molecule has 2 heterocycles. The highest BCUT2D eigenvalue weighted by Gasteiger charge is 2.23. The van der Waals surface area contributed by atoms with Crippen LogP contribution in [0.3, 0.4) is 0 Å². The number of ether oxygens (including phenoxy) is 3. The Bertz CT molecular complexity index is 596. The van der Waals surface area contributed by atoms with Gasteiger partial charge in [0.2, 0.25) is 0 Å². The molecule has 0 unspecified atom stereocenters. The minimum Gasteiger partial charge on any atom is -0.487 e. The molecule has 0 N–H and O–H groups in total. The fourth-order valence-electron chi connectivity index (χ4n) is 2.13. The molecule has 6 heteroatoms. The van der Waals surface area contributed by atoms with E-state index in [0.29, 0.717) is 30.4 Å². The Morgan fingerprint density at radius 1 is 1.30 bits per heavy atom. The number of hydrogen-bond acceptors (Lipinski definition) is 5. The normalized spacial score (nSPS) is 14.7. The average Bonchev–Trinajstić information content (AvgIpc) is 2.87. The van der Waals surface area contributed by atoms with Crippen molar-refractivity contribution in [2.75, 3.05) is 20.3 Å². The summed E-state index contributed by atoms with van der Waals surface area (Å²) in [5.74, 6) is 0.980. The number of rotatable bonds is 2. The quantitative estimate of drug-likeness (QED) is 0.780. The number of hydrogen-bond donors (Lipinski definition) is 0. The van der Waals surface area contributed by atoms with E-state index in [1.54, 1.807) is 10.9 Å². The number of benzene rings is 1. The van der Waals surface area contributed by atoms with Crippen LogP contribution in [0.2, 0.25) is 0 Å². The summed E-state index contributed by atoms with van der Waals surface area (Å²) in [6.07, 6.45) is 3.06. The lowest BCUT2D eigenvalue weighted by molar-refractivity contribution is 0.0582. The molecule has 1 aliphatic rings. The van der Waals surface area contributed by atoms with Crippen molar-refractivity contribution in [1.29, 1.82) is 0 Å². The van der Waals surface area contributed by atoms with Crippen LogP contribution in [0.25, 0.3) is 0 Å². The number of carbonyl (C=O) groups is 1. The summed E-state index contributed by atoms with van der Waals surface area (Å²) in [4.78, 5) is 15.7. The van der Waals surface area contributed by atoms with Gasteiger partial charge in [-0.3, -0.25) is 0 Å². The Morgan fingerprint density at radius 2 is 1.95 bits per heavy atom. The summed E-state index contributed by atoms with van der Waals surface area (Å²) >= 11 is 0. The van der Waals surface area contributed by atoms with Crippen LogP contribution in [0.15, 0.2) is 36.8 Å². The minimum absolute atomic E-state index is 0.140. The van der Waals surface area contributed by atoms with Gasteiger partial charge in [0, 0.05) is 0 Å². The van der Waals surface area contributed by atoms with E-state index in [9.17, 15) is 4.79 Å². The predicted octanol–water partition coefficient (Wildman–Crippen LogP) is 1.68. The number of imidazole rings is 1. The van der Waals surface area contributed by atoms with Gasteiger partial charge in [0.1, 0.15) is 24.9 Å². The molecule has 6 nitrogen and oxygen atoms in total. The molecule has 0 saturated heterocycles. The van der Waals surface area contributed by atoms with Gasteiger partial charge in [-0.15, -0.1) is 0 Å². The van der Waals surface area contributed by atoms with Crippen molar-refractivity contribution in [2.45, 2.75) is 6.04 Å². The summed E-state index contributed by atoms with van der Waals surface area (Å²) in [5, 5.41) is 0. The molecule has 1 aromatic carbocycles. The maximum atomic E-state index is 11.7. The van der Waals surface area contributed by atoms with Crippen LogP contribution in [0.5, 0.6) is 11.5 Å². The van der Waals surface area contributed by atoms with Crippen LogP contribution in [0, 0.1) is 0 Å². The Labute approximate surface area is 115 Å². The van der Waals surface area contributed by atoms with Crippen molar-refractivity contribution in [3.63, 3.8) is 0 Å². The first kappa shape index (κ1) is 12.5. The smallest absolute Gasteiger partial charge is 0.356 e. The predicted molar refractivity (Wildman–Crippen MR) is 70.0 cm³/mol. The van der Waals surface area contributed by atoms with Crippen molar-refractivity contribution in [1.82, 2.24) is 9.55 Å². The summed E-state index contributed by atoms with van der Waals surface area (Å²) < 4.78 is 17.9. The van der Waals surface area contributed by atoms with Crippen molar-refractivity contribution >= 4 is 5.97 Å². The molecule has 0 amide bonds. The Morgan fingerprint density at radius 3 is 2.55 bits per heavy atom. The highest BCUT2D eigenvalue weighted by atomic mass is 16.5. The number of nitrogens with zero attached hydrogens (tertiary/aromatic N) is 2. The van der Waals surface area contributed by atoms with Crippen LogP contribution < -0.4 is 9.47 Å². The summed E-state index contributed by atoms with van der Waals surface area (Å²) in [5.41, 5.74) is 0.385. The fourth-order valence-corrected chi connectivity index (χ4v) is 2.13. The lowest BCUT2D eigenvalue weighted by Gasteiger charge is -2.17. The highest BCUT2D eigenvalue weighted by Crippen LogP contribution is 2.30. The van der Waals surface area contributed by atoms with E-state index in [-0.39, 0.29) is 6.04 Å². The number of carbonyl (C=O) groups excluding carboxylic acids is 1. The number of para-hydroxylation sites is 2. The van der Waals surface area contributed by atoms with Crippen LogP contribution in [0.1, 0.15) is 16.5 Å². The molecule has 0 fully saturated rings. The third-order valence-corrected chi connectivity index (χ3v) is 3.17. The van der Waals surface area contributed by atoms with E-state index in [0.717, 1.165) is 0 Å². The number of methoxy groups -OCH3 is 1. The van der Waals surface area contributed by atoms with Crippen LogP contribution in [-0.4, -0.2) is 35.8 Å². The molecular formula is C14H14N2O4. The molecule has 0 aliphatic carbocycles. The summed E-state index contributed by atoms with van der Waals surface area (Å²) in [6, 6.07) is 7.35. The van der Waals surface area contributed by atoms with E-state index in [2.05, 4.69) is 4.98 Å². The van der Waals surface area contributed by atoms with Gasteiger partial charge in [0.15, 0.2) is 11.5 Å². The zero-order valence-corrected chi connectivity index (χ0v) is 11.0. The maximum absolute atomic E-state index is 11.7. The number of esters is 1. The van der Waals surface area contributed by atoms with Crippen molar-refractivity contribution < 1.29 is 19.0 Å². The summed E-state index contributed by atoms with van der Waals surface area (Å²) in [7, 11) is 1.34. The molecule has 1 aliphatic heterocycles. The Balaban J connectivity index is 1.84. The molecule has 20 heavy (non-hydrogen) atoms. The third kappa shape index (κ3) is 2.20. The van der Waals surface area contributed by atoms with Gasteiger partial charge in [0.05, 0.1) is 19.6 Å². The van der Waals surface area contributed by atoms with Gasteiger partial charge in [-0.05, 0) is 12.1 Å². The lowest BCUT2D eigenvalue weighted by atomic mass is 10.3. The van der Waals surface area contributed by atoms with Crippen LogP contribution in [-0.2, 0) is 4.74 Å². The SMILES string of the molecule is COC(=O)c1cncn1C1COc2ccccc2OC1. The number of aromatic nitrogens is 2. The van der Waals surface area contributed by atoms with Crippen molar-refractivity contribution in [3.8, 4) is 11.5 Å². The van der Waals surface area contributed by atoms with Gasteiger partial charge >= 0.3 is 5.97 Å². The Kier molecular flexibility index (Phi) is 3.28. The zero-order chi connectivity index (χ0) is 13.9. The van der Waals surface area contributed by atoms with Crippen molar-refractivity contribution in [2.24, 2.45) is 0 Å². The monoisotopic (exact) mass is 274 g/mol. The molecule has 0 bridgehead atoms. The van der Waals surface area contributed by atoms with Gasteiger partial charge in [-0.2, -0.15) is 0 Å². The Hall–Kier alpha value is -2.50. The topological polar surface area (TPSA) is 62.6 Å². The second-order valence-corrected chi connectivity index (χ2v) is 4.40. The van der Waals surface area contributed by atoms with Crippen molar-refractivity contribution in [3.05, 3.63) is 42.5 Å². The van der Waals surface area contributed by atoms with Crippen LogP contribution in [0.4, 0.5) is 0 Å². The van der Waals surface area contributed by atoms with E-state index in [1.807, 2.05) is 24.3 Å². The first-order chi connectivity index (χ1) is 9.79. The molecule has 0 saturated carbocycles. The molecule has 0 spiro atoms. The molecule has 3 rings (SSSR count). The first-order valence-corrected chi connectivity index (χ1v) is 6.24. The van der Waals surface area contributed by atoms with E-state index < -0.39 is 5.97 Å².